The van der Waals surface area contributed by atoms with Crippen molar-refractivity contribution in [2.45, 2.75) is 32.1 Å². The molecule has 0 bridgehead atoms. The monoisotopic (exact) mass is 562 g/mol. The largest absolute Gasteiger partial charge is 0.553 e. The Morgan fingerprint density at radius 3 is 2.49 bits per heavy atom. The zero-order chi connectivity index (χ0) is 27.8. The van der Waals surface area contributed by atoms with Crippen LogP contribution in [0, 0.1) is 0 Å². The van der Waals surface area contributed by atoms with Crippen LogP contribution < -0.4 is 5.32 Å². The molecule has 1 amide bonds. The van der Waals surface area contributed by atoms with Crippen LogP contribution in [0.3, 0.4) is 0 Å². The van der Waals surface area contributed by atoms with Gasteiger partial charge >= 0.3 is 7.55 Å². The maximum Gasteiger partial charge on any atom is 0.553 e. The van der Waals surface area contributed by atoms with Crippen LogP contribution in [0.2, 0.25) is 0 Å². The number of alkyl halides is 1. The molecule has 4 aromatic rings. The molecule has 41 heavy (non-hydrogen) atoms. The number of nitrogens with one attached hydrogen (secondary N) is 2. The number of carbonyl (C=O) groups is 1. The number of nitrogens with zero attached hydrogens (tertiary/aromatic N) is 4. The lowest BCUT2D eigenvalue weighted by atomic mass is 9.91. The van der Waals surface area contributed by atoms with Crippen LogP contribution in [-0.4, -0.2) is 61.9 Å². The van der Waals surface area contributed by atoms with Crippen LogP contribution in [0.1, 0.15) is 41.8 Å². The minimum atomic E-state index is -0.212. The average molecular weight is 563 g/mol. The SMILES string of the molecule is O=C(CCl)Nc1ccc(C2=C3C=CC(=[N+]4CCCCC4)N3[B]n3c2ccc3-n2cc(CCc3ccccc3)[nH]2)cc1. The summed E-state index contributed by atoms with van der Waals surface area (Å²) in [4.78, 5) is 14.1. The molecular formula is C32H32BClN6O+. The highest BCUT2D eigenvalue weighted by Gasteiger charge is 2.40. The number of piperidine rings is 1. The van der Waals surface area contributed by atoms with E-state index in [0.717, 1.165) is 60.0 Å². The highest BCUT2D eigenvalue weighted by molar-refractivity contribution is 6.40. The van der Waals surface area contributed by atoms with Crippen LogP contribution in [0.4, 0.5) is 5.69 Å². The molecule has 2 aromatic carbocycles. The van der Waals surface area contributed by atoms with Gasteiger partial charge in [-0.2, -0.15) is 0 Å². The molecule has 3 aliphatic rings. The van der Waals surface area contributed by atoms with Gasteiger partial charge in [-0.25, -0.2) is 4.68 Å². The van der Waals surface area contributed by atoms with E-state index in [1.54, 1.807) is 0 Å². The minimum Gasteiger partial charge on any atom is -0.329 e. The van der Waals surface area contributed by atoms with E-state index in [4.69, 9.17) is 11.6 Å². The van der Waals surface area contributed by atoms with Crippen molar-refractivity contribution in [3.05, 3.63) is 113 Å². The number of carbonyl (C=O) groups excluding carboxylic acids is 1. The molecule has 9 heteroatoms. The molecule has 3 aliphatic heterocycles. The van der Waals surface area contributed by atoms with Crippen LogP contribution in [-0.2, 0) is 17.6 Å². The smallest absolute Gasteiger partial charge is 0.329 e. The number of H-pyrrole nitrogens is 1. The number of hydrogen-bond donors (Lipinski definition) is 2. The Kier molecular flexibility index (Phi) is 6.93. The Morgan fingerprint density at radius 2 is 1.73 bits per heavy atom. The third-order valence-electron chi connectivity index (χ3n) is 8.12. The van der Waals surface area contributed by atoms with Gasteiger partial charge in [0, 0.05) is 29.2 Å². The summed E-state index contributed by atoms with van der Waals surface area (Å²) in [5.74, 6) is 2.02. The number of hydrogen-bond acceptors (Lipinski definition) is 1. The van der Waals surface area contributed by atoms with E-state index in [2.05, 4.69) is 109 Å². The van der Waals surface area contributed by atoms with Crippen molar-refractivity contribution in [2.24, 2.45) is 0 Å². The first-order valence-corrected chi connectivity index (χ1v) is 14.9. The van der Waals surface area contributed by atoms with Crippen molar-refractivity contribution in [3.63, 3.8) is 0 Å². The van der Waals surface area contributed by atoms with Crippen LogP contribution >= 0.6 is 11.6 Å². The van der Waals surface area contributed by atoms with Gasteiger partial charge in [-0.15, -0.1) is 11.6 Å². The lowest BCUT2D eigenvalue weighted by Crippen LogP contribution is -2.43. The summed E-state index contributed by atoms with van der Waals surface area (Å²) in [5.41, 5.74) is 7.85. The Morgan fingerprint density at radius 1 is 0.951 bits per heavy atom. The van der Waals surface area contributed by atoms with E-state index in [1.807, 2.05) is 12.1 Å². The lowest BCUT2D eigenvalue weighted by Gasteiger charge is -2.28. The minimum absolute atomic E-state index is 0.0645. The van der Waals surface area contributed by atoms with Crippen molar-refractivity contribution in [1.29, 1.82) is 0 Å². The van der Waals surface area contributed by atoms with E-state index in [0.29, 0.717) is 0 Å². The molecule has 0 unspecified atom stereocenters. The number of amides is 1. The normalized spacial score (nSPS) is 16.2. The Labute approximate surface area is 245 Å². The van der Waals surface area contributed by atoms with Gasteiger partial charge in [0.05, 0.1) is 18.8 Å². The summed E-state index contributed by atoms with van der Waals surface area (Å²) >= 11 is 5.69. The van der Waals surface area contributed by atoms with Crippen molar-refractivity contribution >= 4 is 42.2 Å². The molecule has 5 heterocycles. The molecule has 1 saturated heterocycles. The highest BCUT2D eigenvalue weighted by Crippen LogP contribution is 2.37. The fourth-order valence-electron chi connectivity index (χ4n) is 6.03. The average Bonchev–Trinajstić information content (AvgIpc) is 3.61. The van der Waals surface area contributed by atoms with E-state index in [1.165, 1.54) is 36.4 Å². The number of fused-ring (bicyclic) bond motifs is 2. The van der Waals surface area contributed by atoms with Gasteiger partial charge in [0.25, 0.3) is 5.84 Å². The quantitative estimate of drug-likeness (QED) is 0.185. The molecule has 7 rings (SSSR count). The topological polar surface area (TPSA) is 61.0 Å². The van der Waals surface area contributed by atoms with Crippen molar-refractivity contribution in [3.8, 4) is 5.82 Å². The Balaban J connectivity index is 1.23. The molecule has 0 atom stereocenters. The van der Waals surface area contributed by atoms with Gasteiger partial charge in [0.15, 0.2) is 0 Å². The first kappa shape index (κ1) is 25.8. The third-order valence-corrected chi connectivity index (χ3v) is 8.36. The standard InChI is InChI=1S/C32H31BClN6O/c34-21-29(41)35-25-13-10-24(11-14-25)32-27-15-17-30(37-19-5-2-6-20-37)39(27)33-40-28(32)16-18-31(40)38-22-26(36-38)12-9-23-7-3-1-4-8-23/h1,3-4,7-8,10-11,13-18,22,36H,2,5-6,9,12,19-21H2/p+1. The zero-order valence-corrected chi connectivity index (χ0v) is 23.6. The summed E-state index contributed by atoms with van der Waals surface area (Å²) in [5, 5.41) is 6.40. The van der Waals surface area contributed by atoms with E-state index in [9.17, 15) is 4.79 Å². The van der Waals surface area contributed by atoms with Gasteiger partial charge in [0.2, 0.25) is 5.91 Å². The fourth-order valence-corrected chi connectivity index (χ4v) is 6.10. The van der Waals surface area contributed by atoms with Crippen LogP contribution in [0.5, 0.6) is 0 Å². The summed E-state index contributed by atoms with van der Waals surface area (Å²) in [6.45, 7) is 2.16. The number of allylic oxidation sites excluding steroid dienone is 1. The predicted octanol–water partition coefficient (Wildman–Crippen LogP) is 5.19. The lowest BCUT2D eigenvalue weighted by molar-refractivity contribution is -0.539. The number of rotatable bonds is 7. The van der Waals surface area contributed by atoms with E-state index in [-0.39, 0.29) is 11.8 Å². The maximum atomic E-state index is 11.8. The van der Waals surface area contributed by atoms with Crippen LogP contribution in [0.15, 0.2) is 90.8 Å². The van der Waals surface area contributed by atoms with Crippen LogP contribution in [0.25, 0.3) is 11.4 Å². The number of amidine groups is 1. The second-order valence-electron chi connectivity index (χ2n) is 10.8. The fraction of sp³-hybridized carbons (Fsp3) is 0.250. The number of aromatic amines is 1. The molecule has 0 aliphatic carbocycles. The van der Waals surface area contributed by atoms with Crippen molar-refractivity contribution in [1.82, 2.24) is 19.1 Å². The summed E-state index contributed by atoms with van der Waals surface area (Å²) < 4.78 is 6.89. The molecular weight excluding hydrogens is 531 g/mol. The van der Waals surface area contributed by atoms with Gasteiger partial charge in [-0.05, 0) is 73.6 Å². The van der Waals surface area contributed by atoms with Crippen molar-refractivity contribution in [2.75, 3.05) is 24.3 Å². The number of aryl methyl sites for hydroxylation is 2. The second kappa shape index (κ2) is 11.0. The third kappa shape index (κ3) is 4.97. The second-order valence-corrected chi connectivity index (χ2v) is 11.1. The highest BCUT2D eigenvalue weighted by atomic mass is 35.5. The number of aromatic nitrogens is 3. The van der Waals surface area contributed by atoms with Gasteiger partial charge in [-0.1, -0.05) is 42.5 Å². The van der Waals surface area contributed by atoms with Crippen molar-refractivity contribution < 1.29 is 9.37 Å². The molecule has 2 aromatic heterocycles. The molecule has 1 fully saturated rings. The molecule has 2 N–H and O–H groups in total. The van der Waals surface area contributed by atoms with E-state index >= 15 is 0 Å². The molecule has 205 valence electrons. The maximum absolute atomic E-state index is 11.8. The summed E-state index contributed by atoms with van der Waals surface area (Å²) in [6, 6.07) is 23.0. The summed E-state index contributed by atoms with van der Waals surface area (Å²) in [6.07, 6.45) is 12.4. The van der Waals surface area contributed by atoms with E-state index < -0.39 is 0 Å². The number of anilines is 1. The molecule has 0 saturated carbocycles. The molecule has 7 nitrogen and oxygen atoms in total. The first-order valence-electron chi connectivity index (χ1n) is 14.3. The first-order chi connectivity index (χ1) is 20.2. The Bertz CT molecular complexity index is 1650. The Hall–Kier alpha value is -4.17. The van der Waals surface area contributed by atoms with Gasteiger partial charge in [0.1, 0.15) is 17.4 Å². The molecule has 1 radical (unpaired) electrons. The number of halogens is 1. The van der Waals surface area contributed by atoms with Gasteiger partial charge in [-0.3, -0.25) is 19.3 Å². The molecule has 0 spiro atoms. The zero-order valence-electron chi connectivity index (χ0n) is 22.9. The van der Waals surface area contributed by atoms with Gasteiger partial charge < -0.3 is 9.79 Å². The summed E-state index contributed by atoms with van der Waals surface area (Å²) in [7, 11) is 2.22. The predicted molar refractivity (Wildman–Crippen MR) is 165 cm³/mol. The number of benzene rings is 2.